The van der Waals surface area contributed by atoms with E-state index < -0.39 is 16.1 Å². The number of phenolic OH excluding ortho intramolecular Hbond substituents is 1. The smallest absolute Gasteiger partial charge is 0.229 e. The maximum Gasteiger partial charge on any atom is 0.229 e. The number of sulfonamides is 1. The molecule has 8 nitrogen and oxygen atoms in total. The van der Waals surface area contributed by atoms with Crippen LogP contribution in [0.15, 0.2) is 71.6 Å². The summed E-state index contributed by atoms with van der Waals surface area (Å²) in [4.78, 5) is 13.8. The highest BCUT2D eigenvalue weighted by atomic mass is 32.2. The van der Waals surface area contributed by atoms with Crippen molar-refractivity contribution in [1.29, 1.82) is 0 Å². The first-order valence-corrected chi connectivity index (χ1v) is 15.7. The highest BCUT2D eigenvalue weighted by molar-refractivity contribution is 7.98. The number of nitrogens with one attached hydrogen (secondary N) is 3. The third-order valence-corrected chi connectivity index (χ3v) is 7.57. The molecule has 0 aliphatic heterocycles. The van der Waals surface area contributed by atoms with E-state index in [4.69, 9.17) is 0 Å². The Bertz CT molecular complexity index is 1390. The van der Waals surface area contributed by atoms with Gasteiger partial charge in [-0.15, -0.1) is 11.8 Å². The lowest BCUT2D eigenvalue weighted by molar-refractivity contribution is -0.120. The van der Waals surface area contributed by atoms with E-state index in [1.54, 1.807) is 17.8 Å². The van der Waals surface area contributed by atoms with Gasteiger partial charge in [0.1, 0.15) is 5.75 Å². The van der Waals surface area contributed by atoms with E-state index in [2.05, 4.69) is 15.4 Å². The fourth-order valence-corrected chi connectivity index (χ4v) is 5.43. The number of aliphatic hydroxyl groups excluding tert-OH is 1. The molecule has 0 spiro atoms. The van der Waals surface area contributed by atoms with Gasteiger partial charge in [-0.1, -0.05) is 48.5 Å². The highest BCUT2D eigenvalue weighted by Crippen LogP contribution is 2.28. The van der Waals surface area contributed by atoms with Crippen molar-refractivity contribution in [3.05, 3.63) is 89.0 Å². The maximum absolute atomic E-state index is 12.6. The van der Waals surface area contributed by atoms with Crippen LogP contribution >= 0.6 is 11.8 Å². The monoisotopic (exact) mass is 571 g/mol. The second-order valence-corrected chi connectivity index (χ2v) is 12.8. The lowest BCUT2D eigenvalue weighted by Crippen LogP contribution is -2.43. The number of rotatable bonds is 13. The van der Waals surface area contributed by atoms with Crippen LogP contribution in [-0.4, -0.2) is 49.1 Å². The van der Waals surface area contributed by atoms with Gasteiger partial charge >= 0.3 is 0 Å². The number of hydrogen-bond donors (Lipinski definition) is 5. The van der Waals surface area contributed by atoms with Gasteiger partial charge < -0.3 is 20.8 Å². The molecule has 0 unspecified atom stereocenters. The van der Waals surface area contributed by atoms with Crippen LogP contribution in [0.2, 0.25) is 0 Å². The summed E-state index contributed by atoms with van der Waals surface area (Å²) in [5.41, 5.74) is 3.18. The van der Waals surface area contributed by atoms with Crippen LogP contribution in [0, 0.1) is 0 Å². The molecule has 0 saturated carbocycles. The Morgan fingerprint density at radius 1 is 1.03 bits per heavy atom. The quantitative estimate of drug-likeness (QED) is 0.155. The second-order valence-electron chi connectivity index (χ2n) is 10.2. The maximum atomic E-state index is 12.6. The number of benzene rings is 3. The molecule has 0 radical (unpaired) electrons. The van der Waals surface area contributed by atoms with Gasteiger partial charge in [0.05, 0.1) is 24.5 Å². The second kappa shape index (κ2) is 13.3. The molecule has 0 heterocycles. The number of aliphatic hydroxyl groups is 1. The van der Waals surface area contributed by atoms with Crippen LogP contribution in [0.25, 0.3) is 0 Å². The Balaban J connectivity index is 1.56. The van der Waals surface area contributed by atoms with Gasteiger partial charge in [-0.25, -0.2) is 8.42 Å². The Morgan fingerprint density at radius 2 is 1.74 bits per heavy atom. The first-order valence-electron chi connectivity index (χ1n) is 12.6. The SMILES string of the molecule is CSc1ccccc1CNC(=O)Cc1cccc(CC(C)(C)NC[C@H](O)c2ccc(O)c(NS(C)(=O)=O)c2)c1. The Labute approximate surface area is 235 Å². The average molecular weight is 572 g/mol. The van der Waals surface area contributed by atoms with E-state index in [0.717, 1.165) is 27.8 Å². The third-order valence-electron chi connectivity index (χ3n) is 6.15. The average Bonchev–Trinajstić information content (AvgIpc) is 2.86. The van der Waals surface area contributed by atoms with E-state index in [0.29, 0.717) is 18.5 Å². The lowest BCUT2D eigenvalue weighted by atomic mass is 9.93. The number of β-amino-alcohol motifs (C(OH)–C–C–N with tert-alkyl or cyclic N) is 1. The minimum absolute atomic E-state index is 0.0163. The van der Waals surface area contributed by atoms with E-state index >= 15 is 0 Å². The van der Waals surface area contributed by atoms with Crippen molar-refractivity contribution in [3.8, 4) is 5.75 Å². The number of carbonyl (C=O) groups is 1. The van der Waals surface area contributed by atoms with Gasteiger partial charge in [0.15, 0.2) is 0 Å². The van der Waals surface area contributed by atoms with Crippen LogP contribution in [0.1, 0.15) is 42.2 Å². The summed E-state index contributed by atoms with van der Waals surface area (Å²) in [6.45, 7) is 4.75. The number of amides is 1. The van der Waals surface area contributed by atoms with Gasteiger partial charge in [0, 0.05) is 23.5 Å². The molecular formula is C29H37N3O5S2. The number of phenols is 1. The van der Waals surface area contributed by atoms with E-state index in [9.17, 15) is 23.4 Å². The predicted molar refractivity (Wildman–Crippen MR) is 158 cm³/mol. The van der Waals surface area contributed by atoms with Gasteiger partial charge in [-0.05, 0) is 67.0 Å². The van der Waals surface area contributed by atoms with Crippen molar-refractivity contribution in [2.75, 3.05) is 23.8 Å². The number of aromatic hydroxyl groups is 1. The molecule has 0 aliphatic carbocycles. The third kappa shape index (κ3) is 9.89. The summed E-state index contributed by atoms with van der Waals surface area (Å²) in [5, 5.41) is 27.0. The first-order chi connectivity index (χ1) is 18.3. The molecule has 1 atom stereocenters. The van der Waals surface area contributed by atoms with Gasteiger partial charge in [0.25, 0.3) is 0 Å². The number of hydrogen-bond acceptors (Lipinski definition) is 7. The molecule has 10 heteroatoms. The zero-order valence-electron chi connectivity index (χ0n) is 22.7. The molecule has 3 aromatic carbocycles. The summed E-state index contributed by atoms with van der Waals surface area (Å²) in [5.74, 6) is -0.259. The Hall–Kier alpha value is -3.05. The van der Waals surface area contributed by atoms with Crippen molar-refractivity contribution in [1.82, 2.24) is 10.6 Å². The summed E-state index contributed by atoms with van der Waals surface area (Å²) in [6, 6.07) is 20.3. The zero-order chi connectivity index (χ0) is 28.6. The summed E-state index contributed by atoms with van der Waals surface area (Å²) in [7, 11) is -3.58. The fraction of sp³-hybridized carbons (Fsp3) is 0.345. The summed E-state index contributed by atoms with van der Waals surface area (Å²) in [6.07, 6.45) is 3.04. The van der Waals surface area contributed by atoms with Crippen molar-refractivity contribution in [2.45, 2.75) is 49.8 Å². The van der Waals surface area contributed by atoms with E-state index in [-0.39, 0.29) is 35.8 Å². The highest BCUT2D eigenvalue weighted by Gasteiger charge is 2.21. The molecule has 3 aromatic rings. The molecule has 0 aliphatic rings. The fourth-order valence-electron chi connectivity index (χ4n) is 4.25. The van der Waals surface area contributed by atoms with E-state index in [1.165, 1.54) is 12.1 Å². The molecule has 1 amide bonds. The lowest BCUT2D eigenvalue weighted by Gasteiger charge is -2.28. The minimum Gasteiger partial charge on any atom is -0.506 e. The van der Waals surface area contributed by atoms with Crippen molar-refractivity contribution < 1.29 is 23.4 Å². The van der Waals surface area contributed by atoms with E-state index in [1.807, 2.05) is 68.6 Å². The van der Waals surface area contributed by atoms with Crippen molar-refractivity contribution in [3.63, 3.8) is 0 Å². The molecule has 39 heavy (non-hydrogen) atoms. The Morgan fingerprint density at radius 3 is 2.46 bits per heavy atom. The van der Waals surface area contributed by atoms with Crippen LogP contribution in [0.4, 0.5) is 5.69 Å². The number of thioether (sulfide) groups is 1. The standard InChI is InChI=1S/C29H37N3O5S2/c1-29(2,31-19-26(34)22-12-13-25(33)24(16-22)32-39(4,36)37)17-21-9-7-8-20(14-21)15-28(35)30-18-23-10-5-6-11-27(23)38-3/h5-14,16,26,31-34H,15,17-19H2,1-4H3,(H,30,35)/t26-/m0/s1. The molecule has 0 aromatic heterocycles. The molecule has 0 bridgehead atoms. The topological polar surface area (TPSA) is 128 Å². The summed E-state index contributed by atoms with van der Waals surface area (Å²) >= 11 is 1.66. The number of anilines is 1. The van der Waals surface area contributed by atoms with Crippen molar-refractivity contribution in [2.24, 2.45) is 0 Å². The van der Waals surface area contributed by atoms with Gasteiger partial charge in [-0.2, -0.15) is 0 Å². The molecule has 210 valence electrons. The normalized spacial score (nSPS) is 12.6. The van der Waals surface area contributed by atoms with Crippen LogP contribution in [-0.2, 0) is 34.2 Å². The van der Waals surface area contributed by atoms with Crippen LogP contribution in [0.5, 0.6) is 5.75 Å². The van der Waals surface area contributed by atoms with Gasteiger partial charge in [-0.3, -0.25) is 9.52 Å². The predicted octanol–water partition coefficient (Wildman–Crippen LogP) is 3.99. The van der Waals surface area contributed by atoms with Crippen LogP contribution in [0.3, 0.4) is 0 Å². The zero-order valence-corrected chi connectivity index (χ0v) is 24.3. The first kappa shape index (κ1) is 30.5. The molecule has 5 N–H and O–H groups in total. The number of carbonyl (C=O) groups excluding carboxylic acids is 1. The van der Waals surface area contributed by atoms with Crippen molar-refractivity contribution >= 4 is 33.4 Å². The van der Waals surface area contributed by atoms with Gasteiger partial charge in [0.2, 0.25) is 15.9 Å². The largest absolute Gasteiger partial charge is 0.506 e. The molecule has 0 fully saturated rings. The summed E-state index contributed by atoms with van der Waals surface area (Å²) < 4.78 is 25.3. The van der Waals surface area contributed by atoms with Crippen LogP contribution < -0.4 is 15.4 Å². The minimum atomic E-state index is -3.58. The molecular weight excluding hydrogens is 534 g/mol. The molecule has 0 saturated heterocycles. The Kier molecular flexibility index (Phi) is 10.4. The molecule has 3 rings (SSSR count).